The van der Waals surface area contributed by atoms with Crippen molar-refractivity contribution in [3.63, 3.8) is 0 Å². The van der Waals surface area contributed by atoms with E-state index in [0.29, 0.717) is 16.9 Å². The maximum atomic E-state index is 12.8. The molecule has 13 nitrogen and oxygen atoms in total. The van der Waals surface area contributed by atoms with E-state index in [1.807, 2.05) is 6.07 Å². The largest absolute Gasteiger partial charge is 0.485 e. The Morgan fingerprint density at radius 1 is 1.26 bits per heavy atom. The van der Waals surface area contributed by atoms with E-state index in [2.05, 4.69) is 4.84 Å². The second kappa shape index (κ2) is 9.75. The third kappa shape index (κ3) is 5.24. The van der Waals surface area contributed by atoms with Gasteiger partial charge in [0.05, 0.1) is 24.3 Å². The summed E-state index contributed by atoms with van der Waals surface area (Å²) in [6.07, 6.45) is -0.968. The molecule has 1 aliphatic heterocycles. The van der Waals surface area contributed by atoms with Crippen molar-refractivity contribution in [2.45, 2.75) is 50.5 Å². The maximum absolute atomic E-state index is 12.8. The molecule has 34 heavy (non-hydrogen) atoms. The molecule has 180 valence electrons. The number of ether oxygens (including phenoxy) is 1. The zero-order valence-corrected chi connectivity index (χ0v) is 18.3. The lowest BCUT2D eigenvalue weighted by Gasteiger charge is -2.42. The van der Waals surface area contributed by atoms with Gasteiger partial charge in [-0.15, -0.1) is 20.2 Å². The van der Waals surface area contributed by atoms with Crippen LogP contribution in [-0.4, -0.2) is 38.2 Å². The lowest BCUT2D eigenvalue weighted by molar-refractivity contribution is -0.772. The summed E-state index contributed by atoms with van der Waals surface area (Å²) < 4.78 is 7.10. The van der Waals surface area contributed by atoms with Crippen molar-refractivity contribution >= 4 is 0 Å². The Kier molecular flexibility index (Phi) is 7.02. The number of aliphatic hydroxyl groups excluding tert-OH is 1. The number of rotatable bonds is 9. The Morgan fingerprint density at radius 2 is 2.00 bits per heavy atom. The van der Waals surface area contributed by atoms with E-state index < -0.39 is 39.6 Å². The predicted molar refractivity (Wildman–Crippen MR) is 114 cm³/mol. The average molecular weight is 474 g/mol. The summed E-state index contributed by atoms with van der Waals surface area (Å²) in [5.74, 6) is 0.381. The Hall–Kier alpha value is -4.18. The molecule has 0 aliphatic carbocycles. The number of hydrogen-bond acceptors (Lipinski definition) is 10. The van der Waals surface area contributed by atoms with E-state index >= 15 is 0 Å². The molecule has 1 N–H and O–H groups in total. The van der Waals surface area contributed by atoms with Crippen LogP contribution in [-0.2, 0) is 9.68 Å². The van der Waals surface area contributed by atoms with Crippen molar-refractivity contribution in [1.82, 2.24) is 4.57 Å². The zero-order valence-electron chi connectivity index (χ0n) is 18.3. The molecular weight excluding hydrogens is 452 g/mol. The molecule has 1 aromatic carbocycles. The monoisotopic (exact) mass is 474 g/mol. The highest BCUT2D eigenvalue weighted by Crippen LogP contribution is 2.42. The number of nitrogens with zero attached hydrogens (tertiary/aromatic N) is 4. The van der Waals surface area contributed by atoms with Crippen molar-refractivity contribution in [2.75, 3.05) is 6.61 Å². The van der Waals surface area contributed by atoms with Gasteiger partial charge in [-0.1, -0.05) is 0 Å². The Morgan fingerprint density at radius 3 is 2.65 bits per heavy atom. The standard InChI is InChI=1S/C21H22N4O9/c1-21(2)20(27)19(15-10-13(11-22)5-7-17(15)33-21)23-12-14(6-8-18(23)26)16(34-25(30)31)4-3-9-32-24(28)29/h5-8,10,12,16,19-20,27H,3-4,9H2,1-2H3/t16?,19-,20+/m1/s1. The number of pyridine rings is 1. The molecule has 3 atom stereocenters. The number of nitriles is 1. The van der Waals surface area contributed by atoms with Crippen molar-refractivity contribution in [3.8, 4) is 11.8 Å². The van der Waals surface area contributed by atoms with Gasteiger partial charge in [-0.25, -0.2) is 0 Å². The van der Waals surface area contributed by atoms with E-state index in [1.54, 1.807) is 26.0 Å². The Bertz CT molecular complexity index is 1190. The summed E-state index contributed by atoms with van der Waals surface area (Å²) in [6, 6.07) is 8.22. The highest BCUT2D eigenvalue weighted by atomic mass is 17.0. The topological polar surface area (TPSA) is 180 Å². The first kappa shape index (κ1) is 24.5. The molecule has 0 spiro atoms. The highest BCUT2D eigenvalue weighted by molar-refractivity contribution is 5.47. The molecule has 0 fully saturated rings. The number of benzene rings is 1. The van der Waals surface area contributed by atoms with E-state index in [4.69, 9.17) is 9.57 Å². The van der Waals surface area contributed by atoms with Crippen LogP contribution in [0.1, 0.15) is 55.5 Å². The van der Waals surface area contributed by atoms with Crippen LogP contribution in [0.25, 0.3) is 0 Å². The summed E-state index contributed by atoms with van der Waals surface area (Å²) in [4.78, 5) is 43.2. The molecule has 1 aromatic heterocycles. The smallest absolute Gasteiger partial charge is 0.295 e. The van der Waals surface area contributed by atoms with Gasteiger partial charge < -0.3 is 24.1 Å². The van der Waals surface area contributed by atoms with Crippen LogP contribution in [0.15, 0.2) is 41.3 Å². The second-order valence-electron chi connectivity index (χ2n) is 8.18. The van der Waals surface area contributed by atoms with Crippen LogP contribution < -0.4 is 10.3 Å². The summed E-state index contributed by atoms with van der Waals surface area (Å²) in [5.41, 5.74) is -0.667. The van der Waals surface area contributed by atoms with Gasteiger partial charge in [0, 0.05) is 17.8 Å². The minimum Gasteiger partial charge on any atom is -0.485 e. The quantitative estimate of drug-likeness (QED) is 0.321. The minimum absolute atomic E-state index is 0.00991. The fourth-order valence-corrected chi connectivity index (χ4v) is 3.86. The molecule has 0 bridgehead atoms. The fourth-order valence-electron chi connectivity index (χ4n) is 3.86. The average Bonchev–Trinajstić information content (AvgIpc) is 2.77. The van der Waals surface area contributed by atoms with Gasteiger partial charge in [0.1, 0.15) is 23.6 Å². The maximum Gasteiger partial charge on any atom is 0.295 e. The second-order valence-corrected chi connectivity index (χ2v) is 8.18. The summed E-state index contributed by atoms with van der Waals surface area (Å²) >= 11 is 0. The zero-order chi connectivity index (χ0) is 25.0. The normalized spacial score (nSPS) is 19.1. The van der Waals surface area contributed by atoms with Gasteiger partial charge in [-0.05, 0) is 56.5 Å². The molecule has 0 saturated heterocycles. The first-order chi connectivity index (χ1) is 16.0. The van der Waals surface area contributed by atoms with Crippen LogP contribution in [0.2, 0.25) is 0 Å². The third-order valence-corrected chi connectivity index (χ3v) is 5.50. The summed E-state index contributed by atoms with van der Waals surface area (Å²) in [7, 11) is 0. The number of hydrogen-bond donors (Lipinski definition) is 1. The highest BCUT2D eigenvalue weighted by Gasteiger charge is 2.44. The molecule has 0 amide bonds. The van der Waals surface area contributed by atoms with E-state index in [1.165, 1.54) is 29.0 Å². The minimum atomic E-state index is -1.22. The lowest BCUT2D eigenvalue weighted by Crippen LogP contribution is -2.52. The van der Waals surface area contributed by atoms with Crippen molar-refractivity contribution < 1.29 is 29.7 Å². The molecule has 13 heteroatoms. The van der Waals surface area contributed by atoms with Gasteiger partial charge in [0.25, 0.3) is 15.7 Å². The molecule has 2 heterocycles. The van der Waals surface area contributed by atoms with Gasteiger partial charge in [0.2, 0.25) is 0 Å². The third-order valence-electron chi connectivity index (χ3n) is 5.50. The van der Waals surface area contributed by atoms with Gasteiger partial charge in [-0.3, -0.25) is 4.79 Å². The molecule has 1 unspecified atom stereocenters. The van der Waals surface area contributed by atoms with Crippen LogP contribution >= 0.6 is 0 Å². The molecule has 3 rings (SSSR count). The fraction of sp³-hybridized carbons (Fsp3) is 0.429. The molecular formula is C21H22N4O9. The van der Waals surface area contributed by atoms with E-state index in [9.17, 15) is 35.4 Å². The van der Waals surface area contributed by atoms with E-state index in [0.717, 1.165) is 0 Å². The Labute approximate surface area is 192 Å². The first-order valence-electron chi connectivity index (χ1n) is 10.2. The summed E-state index contributed by atoms with van der Waals surface area (Å²) in [6.45, 7) is 3.00. The number of aromatic nitrogens is 1. The number of fused-ring (bicyclic) bond motifs is 1. The van der Waals surface area contributed by atoms with Crippen LogP contribution in [0, 0.1) is 31.6 Å². The lowest BCUT2D eigenvalue weighted by atomic mass is 9.85. The molecule has 2 aromatic rings. The van der Waals surface area contributed by atoms with Crippen molar-refractivity contribution in [2.24, 2.45) is 0 Å². The van der Waals surface area contributed by atoms with E-state index in [-0.39, 0.29) is 25.0 Å². The molecule has 1 aliphatic rings. The van der Waals surface area contributed by atoms with Crippen molar-refractivity contribution in [1.29, 1.82) is 5.26 Å². The summed E-state index contributed by atoms with van der Waals surface area (Å²) in [5, 5.41) is 39.8. The van der Waals surface area contributed by atoms with Gasteiger partial charge in [-0.2, -0.15) is 5.26 Å². The van der Waals surface area contributed by atoms with Gasteiger partial charge in [0.15, 0.2) is 0 Å². The SMILES string of the molecule is CC1(C)Oc2ccc(C#N)cc2[C@@H](n2cc(C(CCCO[N+](=O)[O-])O[N+](=O)[O-])ccc2=O)[C@@H]1O. The van der Waals surface area contributed by atoms with Crippen LogP contribution in [0.5, 0.6) is 5.75 Å². The predicted octanol–water partition coefficient (Wildman–Crippen LogP) is 2.08. The Balaban J connectivity index is 2.04. The van der Waals surface area contributed by atoms with Crippen LogP contribution in [0.4, 0.5) is 0 Å². The number of aliphatic hydroxyl groups is 1. The van der Waals surface area contributed by atoms with Crippen molar-refractivity contribution in [3.05, 3.63) is 83.8 Å². The first-order valence-corrected chi connectivity index (χ1v) is 10.2. The van der Waals surface area contributed by atoms with Crippen LogP contribution in [0.3, 0.4) is 0 Å². The molecule has 0 saturated carbocycles. The molecule has 0 radical (unpaired) electrons. The van der Waals surface area contributed by atoms with Gasteiger partial charge >= 0.3 is 0 Å².